The van der Waals surface area contributed by atoms with E-state index in [0.29, 0.717) is 32.7 Å². The summed E-state index contributed by atoms with van der Waals surface area (Å²) in [5.74, 6) is -5.02. The number of likely N-dealkylation sites (tertiary alicyclic amines) is 1. The van der Waals surface area contributed by atoms with Gasteiger partial charge >= 0.3 is 0 Å². The van der Waals surface area contributed by atoms with Crippen LogP contribution in [0.5, 0.6) is 11.5 Å². The van der Waals surface area contributed by atoms with Crippen molar-refractivity contribution in [3.05, 3.63) is 121 Å². The van der Waals surface area contributed by atoms with Gasteiger partial charge in [0, 0.05) is 25.9 Å². The number of fused-ring (bicyclic) bond motifs is 4. The lowest BCUT2D eigenvalue weighted by molar-refractivity contribution is -0.141. The number of ether oxygens (including phenoxy) is 1. The fraction of sp³-hybridized carbons (Fsp3) is 0.263. The highest BCUT2D eigenvalue weighted by Gasteiger charge is 2.70. The van der Waals surface area contributed by atoms with Crippen LogP contribution in [-0.4, -0.2) is 40.7 Å². The Labute approximate surface area is 300 Å². The van der Waals surface area contributed by atoms with Gasteiger partial charge in [0.2, 0.25) is 23.6 Å². The summed E-state index contributed by atoms with van der Waals surface area (Å²) in [6.45, 7) is 0.189. The molecule has 1 saturated carbocycles. The number of carbonyl (C=O) groups excluding carboxylic acids is 4. The lowest BCUT2D eigenvalue weighted by atomic mass is 9.49. The smallest absolute Gasteiger partial charge is 0.246 e. The molecule has 4 amide bonds. The molecule has 3 aromatic carbocycles. The first-order chi connectivity index (χ1) is 23.7. The molecule has 4 aliphatic rings. The van der Waals surface area contributed by atoms with Crippen LogP contribution in [0.4, 0.5) is 5.69 Å². The molecule has 8 rings (SSSR count). The Bertz CT molecular complexity index is 2070. The van der Waals surface area contributed by atoms with Gasteiger partial charge in [-0.2, -0.15) is 0 Å². The third kappa shape index (κ3) is 4.67. The molecule has 2 saturated heterocycles. The number of aromatic hydroxyl groups is 1. The van der Waals surface area contributed by atoms with Crippen LogP contribution < -0.4 is 9.64 Å². The Morgan fingerprint density at radius 3 is 2.47 bits per heavy atom. The van der Waals surface area contributed by atoms with E-state index in [9.17, 15) is 19.5 Å². The molecule has 0 bridgehead atoms. The normalized spacial score (nSPS) is 27.6. The summed E-state index contributed by atoms with van der Waals surface area (Å²) in [6.07, 6.45) is 2.43. The Morgan fingerprint density at radius 1 is 0.959 bits per heavy atom. The average Bonchev–Trinajstić information content (AvgIpc) is 3.77. The minimum absolute atomic E-state index is 0.164. The molecule has 3 fully saturated rings. The Balaban J connectivity index is 1.37. The van der Waals surface area contributed by atoms with Crippen molar-refractivity contribution in [2.75, 3.05) is 12.0 Å². The summed E-state index contributed by atoms with van der Waals surface area (Å²) in [6, 6.07) is 23.0. The molecule has 2 aliphatic heterocycles. The number of amides is 4. The Hall–Kier alpha value is -4.25. The second kappa shape index (κ2) is 12.0. The lowest BCUT2D eigenvalue weighted by Gasteiger charge is -2.50. The molecule has 8 nitrogen and oxygen atoms in total. The van der Waals surface area contributed by atoms with E-state index in [1.54, 1.807) is 36.4 Å². The zero-order valence-corrected chi connectivity index (χ0v) is 29.4. The van der Waals surface area contributed by atoms with Crippen molar-refractivity contribution in [3.63, 3.8) is 0 Å². The number of phenols is 1. The molecule has 0 radical (unpaired) electrons. The maximum atomic E-state index is 15.3. The molecular weight excluding hydrogens is 728 g/mol. The van der Waals surface area contributed by atoms with Crippen LogP contribution in [0.1, 0.15) is 34.8 Å². The topological polar surface area (TPSA) is 104 Å². The molecular formula is C38H30BrClN2O6S. The van der Waals surface area contributed by atoms with Crippen LogP contribution >= 0.6 is 38.9 Å². The predicted octanol–water partition coefficient (Wildman–Crippen LogP) is 7.24. The molecule has 11 heteroatoms. The predicted molar refractivity (Wildman–Crippen MR) is 188 cm³/mol. The molecule has 3 heterocycles. The largest absolute Gasteiger partial charge is 0.504 e. The van der Waals surface area contributed by atoms with Crippen LogP contribution in [0.15, 0.2) is 100 Å². The van der Waals surface area contributed by atoms with Gasteiger partial charge in [-0.15, -0.1) is 11.3 Å². The number of methoxy groups -OCH3 is 1. The monoisotopic (exact) mass is 756 g/mol. The average molecular weight is 758 g/mol. The molecule has 248 valence electrons. The summed E-state index contributed by atoms with van der Waals surface area (Å²) >= 11 is 11.5. The highest BCUT2D eigenvalue weighted by atomic mass is 79.9. The highest BCUT2D eigenvalue weighted by Crippen LogP contribution is 2.65. The third-order valence-corrected chi connectivity index (χ3v) is 12.3. The Morgan fingerprint density at radius 2 is 1.76 bits per heavy atom. The number of rotatable bonds is 6. The first kappa shape index (κ1) is 32.0. The molecule has 0 spiro atoms. The second-order valence-corrected chi connectivity index (χ2v) is 15.4. The fourth-order valence-corrected chi connectivity index (χ4v) is 10.2. The van der Waals surface area contributed by atoms with Gasteiger partial charge in [-0.3, -0.25) is 24.1 Å². The second-order valence-electron chi connectivity index (χ2n) is 13.0. The summed E-state index contributed by atoms with van der Waals surface area (Å²) in [7, 11) is 1.45. The number of hydrogen-bond acceptors (Lipinski definition) is 7. The third-order valence-electron chi connectivity index (χ3n) is 10.8. The maximum absolute atomic E-state index is 15.3. The van der Waals surface area contributed by atoms with Crippen molar-refractivity contribution in [2.45, 2.75) is 30.7 Å². The van der Waals surface area contributed by atoms with Gasteiger partial charge in [-0.1, -0.05) is 81.6 Å². The maximum Gasteiger partial charge on any atom is 0.246 e. The lowest BCUT2D eigenvalue weighted by Crippen LogP contribution is -2.53. The first-order valence-electron chi connectivity index (χ1n) is 16.0. The number of hydrogen-bond donors (Lipinski definition) is 1. The molecule has 1 N–H and O–H groups in total. The molecule has 6 atom stereocenters. The van der Waals surface area contributed by atoms with Crippen LogP contribution in [0.3, 0.4) is 0 Å². The van der Waals surface area contributed by atoms with Crippen LogP contribution in [0.25, 0.3) is 0 Å². The molecule has 6 unspecified atom stereocenters. The van der Waals surface area contributed by atoms with Gasteiger partial charge in [0.25, 0.3) is 0 Å². The van der Waals surface area contributed by atoms with Crippen LogP contribution in [0.2, 0.25) is 5.02 Å². The number of carbonyl (C=O) groups is 4. The van der Waals surface area contributed by atoms with E-state index >= 15 is 4.79 Å². The SMILES string of the molecule is COc1cc(Br)cc(C2C3=CCC4C(=O)N(Cc5cccs5)C(=O)C4C3CC3C(=O)N(c4cccc(Cl)c4)C(=O)C32c2ccccc2)c1O. The summed E-state index contributed by atoms with van der Waals surface area (Å²) in [5, 5.41) is 14.1. The molecule has 1 aromatic heterocycles. The number of imide groups is 2. The van der Waals surface area contributed by atoms with Crippen molar-refractivity contribution in [1.29, 1.82) is 0 Å². The van der Waals surface area contributed by atoms with E-state index in [4.69, 9.17) is 16.3 Å². The van der Waals surface area contributed by atoms with Gasteiger partial charge in [0.15, 0.2) is 11.5 Å². The van der Waals surface area contributed by atoms with Gasteiger partial charge in [-0.05, 0) is 66.1 Å². The summed E-state index contributed by atoms with van der Waals surface area (Å²) < 4.78 is 6.18. The van der Waals surface area contributed by atoms with E-state index < -0.39 is 46.8 Å². The number of phenolic OH excluding ortho intramolecular Hbond substituents is 1. The fourth-order valence-electron chi connectivity index (χ4n) is 8.84. The van der Waals surface area contributed by atoms with Crippen molar-refractivity contribution in [1.82, 2.24) is 4.90 Å². The molecule has 2 aliphatic carbocycles. The van der Waals surface area contributed by atoms with Crippen molar-refractivity contribution >= 4 is 68.2 Å². The summed E-state index contributed by atoms with van der Waals surface area (Å²) in [4.78, 5) is 61.9. The van der Waals surface area contributed by atoms with E-state index in [0.717, 1.165) is 10.5 Å². The first-order valence-corrected chi connectivity index (χ1v) is 18.0. The van der Waals surface area contributed by atoms with Crippen LogP contribution in [0, 0.1) is 23.7 Å². The summed E-state index contributed by atoms with van der Waals surface area (Å²) in [5.41, 5.74) is 0.578. The number of thiophene rings is 1. The van der Waals surface area contributed by atoms with Gasteiger partial charge in [0.05, 0.1) is 42.5 Å². The minimum Gasteiger partial charge on any atom is -0.504 e. The van der Waals surface area contributed by atoms with E-state index in [-0.39, 0.29) is 36.3 Å². The number of benzene rings is 3. The number of halogens is 2. The standard InChI is InChI=1S/C38H30BrClN2O6S/c1-48-30-16-21(39)15-28(33(30)43)32-25-12-13-26-31(36(46)41(34(26)44)19-24-11-6-14-49-24)27(25)18-29-35(45)42(23-10-5-9-22(40)17-23)37(47)38(29,32)20-7-3-2-4-8-20/h2-12,14-17,26-27,29,31-32,43H,13,18-19H2,1H3. The number of anilines is 1. The van der Waals surface area contributed by atoms with Gasteiger partial charge < -0.3 is 9.84 Å². The van der Waals surface area contributed by atoms with Gasteiger partial charge in [0.1, 0.15) is 0 Å². The van der Waals surface area contributed by atoms with Crippen molar-refractivity contribution in [2.24, 2.45) is 23.7 Å². The molecule has 4 aromatic rings. The zero-order valence-electron chi connectivity index (χ0n) is 26.2. The van der Waals surface area contributed by atoms with E-state index in [1.165, 1.54) is 28.2 Å². The van der Waals surface area contributed by atoms with Crippen molar-refractivity contribution < 1.29 is 29.0 Å². The van der Waals surface area contributed by atoms with E-state index in [1.807, 2.05) is 53.9 Å². The number of nitrogens with zero attached hydrogens (tertiary/aromatic N) is 2. The minimum atomic E-state index is -1.51. The zero-order chi connectivity index (χ0) is 34.2. The highest BCUT2D eigenvalue weighted by molar-refractivity contribution is 9.10. The van der Waals surface area contributed by atoms with E-state index in [2.05, 4.69) is 15.9 Å². The van der Waals surface area contributed by atoms with Crippen molar-refractivity contribution in [3.8, 4) is 11.5 Å². The number of allylic oxidation sites excluding steroid dienone is 2. The Kier molecular flexibility index (Phi) is 7.81. The quantitative estimate of drug-likeness (QED) is 0.164. The van der Waals surface area contributed by atoms with Gasteiger partial charge in [-0.25, -0.2) is 4.90 Å². The van der Waals surface area contributed by atoms with Crippen LogP contribution in [-0.2, 0) is 31.1 Å². The molecule has 49 heavy (non-hydrogen) atoms.